The van der Waals surface area contributed by atoms with E-state index in [9.17, 15) is 9.90 Å². The fourth-order valence-electron chi connectivity index (χ4n) is 0.826. The molecule has 0 fully saturated rings. The number of hydrogen-bond donors (Lipinski definition) is 3. The smallest absolute Gasteiger partial charge is 0.253 e. The van der Waals surface area contributed by atoms with Gasteiger partial charge >= 0.3 is 0 Å². The molecule has 4 heteroatoms. The van der Waals surface area contributed by atoms with Crippen molar-refractivity contribution in [2.75, 3.05) is 6.61 Å². The minimum absolute atomic E-state index is 0.252. The summed E-state index contributed by atoms with van der Waals surface area (Å²) in [6.07, 6.45) is 4.29. The van der Waals surface area contributed by atoms with E-state index < -0.39 is 17.4 Å². The van der Waals surface area contributed by atoms with Crippen LogP contribution in [0.25, 0.3) is 0 Å². The number of aliphatic hydroxyl groups excluding tert-OH is 2. The fraction of sp³-hybridized carbons (Fsp3) is 0.545. The summed E-state index contributed by atoms with van der Waals surface area (Å²) in [6.45, 7) is 6.50. The molecule has 86 valence electrons. The van der Waals surface area contributed by atoms with Crippen LogP contribution in [0.2, 0.25) is 0 Å². The van der Waals surface area contributed by atoms with E-state index in [0.717, 1.165) is 0 Å². The van der Waals surface area contributed by atoms with Crippen molar-refractivity contribution in [2.24, 2.45) is 5.41 Å². The lowest BCUT2D eigenvalue weighted by Gasteiger charge is -2.26. The van der Waals surface area contributed by atoms with E-state index in [0.29, 0.717) is 6.42 Å². The number of aliphatic hydroxyl groups is 2. The number of nitrogens with one attached hydrogen (secondary N) is 1. The van der Waals surface area contributed by atoms with Gasteiger partial charge in [0, 0.05) is 11.6 Å². The van der Waals surface area contributed by atoms with Crippen LogP contribution in [0.5, 0.6) is 0 Å². The minimum Gasteiger partial charge on any atom is -0.396 e. The van der Waals surface area contributed by atoms with E-state index in [-0.39, 0.29) is 6.61 Å². The van der Waals surface area contributed by atoms with Gasteiger partial charge in [-0.05, 0) is 6.42 Å². The zero-order valence-electron chi connectivity index (χ0n) is 9.23. The highest BCUT2D eigenvalue weighted by molar-refractivity contribution is 5.82. The first-order valence-electron chi connectivity index (χ1n) is 4.81. The Morgan fingerprint density at radius 2 is 2.20 bits per heavy atom. The average molecular weight is 213 g/mol. The number of carbonyl (C=O) groups is 1. The van der Waals surface area contributed by atoms with Gasteiger partial charge in [0.25, 0.3) is 5.91 Å². The monoisotopic (exact) mass is 213 g/mol. The molecule has 4 nitrogen and oxygen atoms in total. The van der Waals surface area contributed by atoms with Crippen molar-refractivity contribution >= 4 is 5.91 Å². The van der Waals surface area contributed by atoms with Crippen molar-refractivity contribution in [3.05, 3.63) is 24.9 Å². The summed E-state index contributed by atoms with van der Waals surface area (Å²) in [5.41, 5.74) is -0.837. The van der Waals surface area contributed by atoms with Gasteiger partial charge in [0.2, 0.25) is 0 Å². The predicted molar refractivity (Wildman–Crippen MR) is 59.0 cm³/mol. The van der Waals surface area contributed by atoms with Crippen molar-refractivity contribution in [2.45, 2.75) is 26.4 Å². The van der Waals surface area contributed by atoms with Crippen LogP contribution in [-0.2, 0) is 4.79 Å². The Hall–Kier alpha value is -1.13. The highest BCUT2D eigenvalue weighted by atomic mass is 16.3. The molecular formula is C11H19NO3. The van der Waals surface area contributed by atoms with Crippen molar-refractivity contribution in [1.82, 2.24) is 5.32 Å². The first kappa shape index (κ1) is 13.9. The number of amides is 1. The predicted octanol–water partition coefficient (Wildman–Crippen LogP) is 0.572. The van der Waals surface area contributed by atoms with Crippen molar-refractivity contribution in [1.29, 1.82) is 0 Å². The van der Waals surface area contributed by atoms with E-state index in [1.165, 1.54) is 6.20 Å². The Labute approximate surface area is 90.3 Å². The summed E-state index contributed by atoms with van der Waals surface area (Å²) in [5.74, 6) is -0.519. The maximum Gasteiger partial charge on any atom is 0.253 e. The van der Waals surface area contributed by atoms with Crippen molar-refractivity contribution in [3.63, 3.8) is 0 Å². The second-order valence-electron chi connectivity index (χ2n) is 3.98. The first-order valence-corrected chi connectivity index (χ1v) is 4.81. The van der Waals surface area contributed by atoms with Gasteiger partial charge in [0.1, 0.15) is 6.10 Å². The Bertz CT molecular complexity index is 246. The Kier molecular flexibility index (Phi) is 5.89. The lowest BCUT2D eigenvalue weighted by Crippen LogP contribution is -2.44. The van der Waals surface area contributed by atoms with Gasteiger partial charge in [-0.3, -0.25) is 4.79 Å². The number of allylic oxidation sites excluding steroid dienone is 2. The van der Waals surface area contributed by atoms with Gasteiger partial charge in [0.05, 0.1) is 6.61 Å². The van der Waals surface area contributed by atoms with Crippen LogP contribution in [0.3, 0.4) is 0 Å². The third-order valence-corrected chi connectivity index (χ3v) is 2.04. The first-order chi connectivity index (χ1) is 6.95. The maximum absolute atomic E-state index is 11.4. The molecule has 0 aromatic carbocycles. The third-order valence-electron chi connectivity index (χ3n) is 2.04. The number of carbonyl (C=O) groups excluding carboxylic acids is 1. The number of rotatable bonds is 6. The van der Waals surface area contributed by atoms with Gasteiger partial charge in [-0.2, -0.15) is 0 Å². The van der Waals surface area contributed by atoms with Gasteiger partial charge < -0.3 is 15.5 Å². The normalized spacial score (nSPS) is 13.9. The molecule has 0 aliphatic rings. The lowest BCUT2D eigenvalue weighted by atomic mass is 9.87. The summed E-state index contributed by atoms with van der Waals surface area (Å²) in [6, 6.07) is 0. The van der Waals surface area contributed by atoms with Crippen LogP contribution in [0.15, 0.2) is 24.9 Å². The highest BCUT2D eigenvalue weighted by Crippen LogP contribution is 2.19. The van der Waals surface area contributed by atoms with Gasteiger partial charge in [-0.15, -0.1) is 6.58 Å². The molecule has 0 aromatic rings. The van der Waals surface area contributed by atoms with E-state index in [2.05, 4.69) is 11.9 Å². The fourth-order valence-corrected chi connectivity index (χ4v) is 0.826. The molecule has 0 bridgehead atoms. The molecule has 0 aliphatic carbocycles. The Morgan fingerprint density at radius 3 is 2.67 bits per heavy atom. The molecule has 0 aliphatic heterocycles. The molecular weight excluding hydrogens is 194 g/mol. The van der Waals surface area contributed by atoms with Gasteiger partial charge in [-0.1, -0.05) is 26.0 Å². The molecule has 0 unspecified atom stereocenters. The summed E-state index contributed by atoms with van der Waals surface area (Å²) in [7, 11) is 0. The maximum atomic E-state index is 11.4. The lowest BCUT2D eigenvalue weighted by molar-refractivity contribution is -0.136. The molecule has 0 spiro atoms. The summed E-state index contributed by atoms with van der Waals surface area (Å²) >= 11 is 0. The molecule has 15 heavy (non-hydrogen) atoms. The standard InChI is InChI=1S/C11H19NO3/c1-4-5-6-7-12-10(15)9(14)11(2,3)8-13/h4,6-7,9,13-14H,1,5,8H2,2-3H3,(H,12,15)/b7-6+/t9-/m0/s1. The van der Waals surface area contributed by atoms with Crippen LogP contribution in [0.1, 0.15) is 20.3 Å². The van der Waals surface area contributed by atoms with Crippen LogP contribution in [0, 0.1) is 5.41 Å². The van der Waals surface area contributed by atoms with Gasteiger partial charge in [-0.25, -0.2) is 0 Å². The van der Waals surface area contributed by atoms with Gasteiger partial charge in [0.15, 0.2) is 0 Å². The molecule has 0 heterocycles. The van der Waals surface area contributed by atoms with Crippen molar-refractivity contribution < 1.29 is 15.0 Å². The second-order valence-corrected chi connectivity index (χ2v) is 3.98. The molecule has 3 N–H and O–H groups in total. The topological polar surface area (TPSA) is 69.6 Å². The minimum atomic E-state index is -1.23. The molecule has 0 radical (unpaired) electrons. The van der Waals surface area contributed by atoms with Crippen LogP contribution >= 0.6 is 0 Å². The Balaban J connectivity index is 4.16. The van der Waals surface area contributed by atoms with Crippen molar-refractivity contribution in [3.8, 4) is 0 Å². The van der Waals surface area contributed by atoms with Crippen LogP contribution < -0.4 is 5.32 Å². The zero-order chi connectivity index (χ0) is 11.9. The van der Waals surface area contributed by atoms with E-state index >= 15 is 0 Å². The Morgan fingerprint density at radius 1 is 1.60 bits per heavy atom. The third kappa shape index (κ3) is 4.76. The molecule has 1 atom stereocenters. The highest BCUT2D eigenvalue weighted by Gasteiger charge is 2.32. The largest absolute Gasteiger partial charge is 0.396 e. The average Bonchev–Trinajstić information content (AvgIpc) is 2.23. The van der Waals surface area contributed by atoms with E-state index in [1.54, 1.807) is 26.0 Å². The molecule has 1 amide bonds. The summed E-state index contributed by atoms with van der Waals surface area (Å²) in [5, 5.41) is 21.0. The second kappa shape index (κ2) is 6.37. The van der Waals surface area contributed by atoms with Crippen LogP contribution in [-0.4, -0.2) is 28.8 Å². The summed E-state index contributed by atoms with van der Waals surface area (Å²) < 4.78 is 0. The van der Waals surface area contributed by atoms with Crippen LogP contribution in [0.4, 0.5) is 0 Å². The molecule has 0 rings (SSSR count). The van der Waals surface area contributed by atoms with E-state index in [4.69, 9.17) is 5.11 Å². The SMILES string of the molecule is C=CC/C=C/NC(=O)[C@H](O)C(C)(C)CO. The zero-order valence-corrected chi connectivity index (χ0v) is 9.23. The number of hydrogen-bond acceptors (Lipinski definition) is 3. The quantitative estimate of drug-likeness (QED) is 0.565. The van der Waals surface area contributed by atoms with E-state index in [1.807, 2.05) is 0 Å². The summed E-state index contributed by atoms with van der Waals surface area (Å²) in [4.78, 5) is 11.4. The molecule has 0 saturated heterocycles. The molecule has 0 saturated carbocycles. The molecule has 0 aromatic heterocycles.